The van der Waals surface area contributed by atoms with Crippen LogP contribution in [0.15, 0.2) is 76.8 Å². The number of nitriles is 1. The number of nitrogen functional groups attached to an aromatic ring is 1. The number of hydrogen-bond acceptors (Lipinski definition) is 8. The number of nitrogens with one attached hydrogen (secondary N) is 2. The van der Waals surface area contributed by atoms with E-state index < -0.39 is 6.04 Å². The predicted octanol–water partition coefficient (Wildman–Crippen LogP) is 4.07. The summed E-state index contributed by atoms with van der Waals surface area (Å²) in [5.41, 5.74) is 8.20. The van der Waals surface area contributed by atoms with Crippen LogP contribution < -0.4 is 16.6 Å². The molecular formula is C27H24N8O2. The molecule has 4 aromatic rings. The van der Waals surface area contributed by atoms with Gasteiger partial charge in [0.05, 0.1) is 31.0 Å². The molecule has 4 rings (SSSR count). The van der Waals surface area contributed by atoms with Gasteiger partial charge in [-0.25, -0.2) is 9.98 Å². The number of anilines is 2. The lowest BCUT2D eigenvalue weighted by Gasteiger charge is -2.22. The quantitative estimate of drug-likeness (QED) is 0.190. The van der Waals surface area contributed by atoms with E-state index in [0.29, 0.717) is 33.3 Å². The maximum absolute atomic E-state index is 14.2. The molecule has 1 unspecified atom stereocenters. The van der Waals surface area contributed by atoms with Crippen molar-refractivity contribution in [2.45, 2.75) is 13.0 Å². The van der Waals surface area contributed by atoms with E-state index in [0.717, 1.165) is 6.34 Å². The minimum Gasteiger partial charge on any atom is -0.504 e. The van der Waals surface area contributed by atoms with E-state index in [-0.39, 0.29) is 22.9 Å². The van der Waals surface area contributed by atoms with Gasteiger partial charge in [-0.2, -0.15) is 10.2 Å². The molecule has 1 atom stereocenters. The smallest absolute Gasteiger partial charge is 0.263 e. The Hall–Kier alpha value is -5.30. The monoisotopic (exact) mass is 492 g/mol. The van der Waals surface area contributed by atoms with Gasteiger partial charge in [0.2, 0.25) is 5.95 Å². The van der Waals surface area contributed by atoms with Crippen LogP contribution in [0.25, 0.3) is 22.0 Å². The molecule has 0 amide bonds. The number of ether oxygens (including phenoxy) is 1. The largest absolute Gasteiger partial charge is 0.504 e. The molecule has 0 saturated carbocycles. The number of nitrogens with two attached hydrogens (primary N) is 1. The summed E-state index contributed by atoms with van der Waals surface area (Å²) in [4.78, 5) is 26.1. The molecule has 2 heterocycles. The van der Waals surface area contributed by atoms with E-state index in [9.17, 15) is 10.1 Å². The van der Waals surface area contributed by atoms with Crippen molar-refractivity contribution in [3.8, 4) is 11.8 Å². The van der Waals surface area contributed by atoms with Crippen molar-refractivity contribution in [3.63, 3.8) is 0 Å². The highest BCUT2D eigenvalue weighted by molar-refractivity contribution is 6.15. The first-order valence-electron chi connectivity index (χ1n) is 11.3. The Kier molecular flexibility index (Phi) is 7.35. The van der Waals surface area contributed by atoms with Gasteiger partial charge in [0.15, 0.2) is 0 Å². The highest BCUT2D eigenvalue weighted by Crippen LogP contribution is 2.28. The summed E-state index contributed by atoms with van der Waals surface area (Å²) in [5.74, 6) is 0.304. The number of allylic oxidation sites excluding steroid dienone is 1. The second kappa shape index (κ2) is 11.0. The molecule has 4 N–H and O–H groups in total. The summed E-state index contributed by atoms with van der Waals surface area (Å²) in [6.45, 7) is 1.87. The lowest BCUT2D eigenvalue weighted by atomic mass is 9.98. The van der Waals surface area contributed by atoms with Crippen LogP contribution in [0, 0.1) is 16.7 Å². The van der Waals surface area contributed by atoms with Crippen LogP contribution in [-0.2, 0) is 4.74 Å². The molecule has 0 aliphatic carbocycles. The molecule has 0 bridgehead atoms. The van der Waals surface area contributed by atoms with Gasteiger partial charge in [0, 0.05) is 23.2 Å². The van der Waals surface area contributed by atoms with Gasteiger partial charge >= 0.3 is 0 Å². The molecule has 2 aromatic carbocycles. The maximum atomic E-state index is 14.2. The van der Waals surface area contributed by atoms with Gasteiger partial charge in [-0.3, -0.25) is 14.8 Å². The van der Waals surface area contributed by atoms with Crippen molar-refractivity contribution in [1.29, 1.82) is 10.7 Å². The van der Waals surface area contributed by atoms with E-state index in [1.54, 1.807) is 4.57 Å². The maximum Gasteiger partial charge on any atom is 0.263 e. The summed E-state index contributed by atoms with van der Waals surface area (Å²) in [5, 5.41) is 21.1. The number of hydrogen-bond donors (Lipinski definition) is 3. The van der Waals surface area contributed by atoms with E-state index in [1.807, 2.05) is 61.5 Å². The van der Waals surface area contributed by atoms with Crippen LogP contribution >= 0.6 is 0 Å². The van der Waals surface area contributed by atoms with Crippen molar-refractivity contribution in [3.05, 3.63) is 94.2 Å². The zero-order valence-electron chi connectivity index (χ0n) is 20.2. The Bertz CT molecular complexity index is 1620. The number of rotatable bonds is 8. The Morgan fingerprint density at radius 2 is 2.05 bits per heavy atom. The fourth-order valence-electron chi connectivity index (χ4n) is 4.06. The first-order chi connectivity index (χ1) is 18.0. The van der Waals surface area contributed by atoms with E-state index in [2.05, 4.69) is 26.3 Å². The second-order valence-electron chi connectivity index (χ2n) is 8.00. The fourth-order valence-corrected chi connectivity index (χ4v) is 4.06. The number of fused-ring (bicyclic) bond motifs is 1. The third-order valence-electron chi connectivity index (χ3n) is 5.66. The van der Waals surface area contributed by atoms with Crippen LogP contribution in [0.4, 0.5) is 11.8 Å². The Balaban J connectivity index is 1.98. The first kappa shape index (κ1) is 24.8. The van der Waals surface area contributed by atoms with E-state index >= 15 is 0 Å². The van der Waals surface area contributed by atoms with Crippen molar-refractivity contribution < 1.29 is 4.74 Å². The molecule has 10 heteroatoms. The number of pyridine rings is 1. The molecule has 0 saturated heterocycles. The lowest BCUT2D eigenvalue weighted by molar-refractivity contribution is 0.340. The summed E-state index contributed by atoms with van der Waals surface area (Å²) in [6, 6.07) is 18.3. The van der Waals surface area contributed by atoms with Gasteiger partial charge in [-0.05, 0) is 36.1 Å². The predicted molar refractivity (Wildman–Crippen MR) is 145 cm³/mol. The molecular weight excluding hydrogens is 468 g/mol. The zero-order chi connectivity index (χ0) is 26.4. The van der Waals surface area contributed by atoms with Crippen LogP contribution in [0.3, 0.4) is 0 Å². The average molecular weight is 493 g/mol. The highest BCUT2D eigenvalue weighted by atomic mass is 16.5. The van der Waals surface area contributed by atoms with Crippen molar-refractivity contribution in [2.75, 3.05) is 18.2 Å². The number of aliphatic imine (C=N–C) groups is 1. The molecule has 37 heavy (non-hydrogen) atoms. The van der Waals surface area contributed by atoms with Crippen molar-refractivity contribution in [1.82, 2.24) is 14.5 Å². The van der Waals surface area contributed by atoms with E-state index in [1.165, 1.54) is 25.8 Å². The Morgan fingerprint density at radius 1 is 1.27 bits per heavy atom. The number of benzene rings is 2. The number of nitrogens with zero attached hydrogens (tertiary/aromatic N) is 5. The number of aromatic nitrogens is 3. The van der Waals surface area contributed by atoms with Crippen LogP contribution in [0.2, 0.25) is 0 Å². The second-order valence-corrected chi connectivity index (χ2v) is 8.00. The SMILES string of the molecule is CO/C=C(\C=NC=N)c1cccc2cc(C(C)Nc3nc(N)ncc3C#N)n(-c3ccccc3)c(=O)c12. The van der Waals surface area contributed by atoms with Gasteiger partial charge in [0.25, 0.3) is 5.56 Å². The summed E-state index contributed by atoms with van der Waals surface area (Å²) in [7, 11) is 1.51. The summed E-state index contributed by atoms with van der Waals surface area (Å²) < 4.78 is 6.85. The third kappa shape index (κ3) is 5.06. The number of methoxy groups -OCH3 is 1. The highest BCUT2D eigenvalue weighted by Gasteiger charge is 2.20. The normalized spacial score (nSPS) is 12.3. The molecule has 184 valence electrons. The molecule has 0 aliphatic heterocycles. The third-order valence-corrected chi connectivity index (χ3v) is 5.66. The minimum absolute atomic E-state index is 0.0290. The van der Waals surface area contributed by atoms with E-state index in [4.69, 9.17) is 15.9 Å². The molecule has 2 aromatic heterocycles. The Morgan fingerprint density at radius 3 is 2.76 bits per heavy atom. The zero-order valence-corrected chi connectivity index (χ0v) is 20.2. The average Bonchev–Trinajstić information content (AvgIpc) is 2.91. The topological polar surface area (TPSA) is 155 Å². The molecule has 0 radical (unpaired) electrons. The van der Waals surface area contributed by atoms with Crippen molar-refractivity contribution in [2.24, 2.45) is 4.99 Å². The Labute approximate surface area is 212 Å². The molecule has 0 aliphatic rings. The summed E-state index contributed by atoms with van der Waals surface area (Å²) in [6.07, 6.45) is 5.22. The van der Waals surface area contributed by atoms with Gasteiger partial charge in [0.1, 0.15) is 23.8 Å². The fraction of sp³-hybridized carbons (Fsp3) is 0.111. The van der Waals surface area contributed by atoms with Gasteiger partial charge < -0.3 is 15.8 Å². The molecule has 10 nitrogen and oxygen atoms in total. The molecule has 0 fully saturated rings. The standard InChI is InChI=1S/C27H24N8O2/c1-17(33-25-19(12-28)14-32-27(30)34-25)23-11-18-7-6-10-22(20(15-37-2)13-31-16-29)24(18)26(36)35(23)21-8-4-3-5-9-21/h3-11,13-17,29H,1-2H3,(H3,30,32,33,34)/b20-15+,29-16?,31-13?. The molecule has 0 spiro atoms. The lowest BCUT2D eigenvalue weighted by Crippen LogP contribution is -2.26. The van der Waals surface area contributed by atoms with Crippen LogP contribution in [0.1, 0.15) is 29.8 Å². The van der Waals surface area contributed by atoms with Gasteiger partial charge in [-0.15, -0.1) is 0 Å². The number of para-hydroxylation sites is 1. The van der Waals surface area contributed by atoms with Crippen molar-refractivity contribution >= 4 is 40.7 Å². The van der Waals surface area contributed by atoms with Gasteiger partial charge in [-0.1, -0.05) is 36.4 Å². The summed E-state index contributed by atoms with van der Waals surface area (Å²) >= 11 is 0. The van der Waals surface area contributed by atoms with Crippen LogP contribution in [-0.4, -0.2) is 34.2 Å². The first-order valence-corrected chi connectivity index (χ1v) is 11.3. The van der Waals surface area contributed by atoms with Crippen LogP contribution in [0.5, 0.6) is 0 Å². The minimum atomic E-state index is -0.448.